The van der Waals surface area contributed by atoms with Gasteiger partial charge in [0, 0.05) is 23.8 Å². The lowest BCUT2D eigenvalue weighted by Gasteiger charge is -2.31. The van der Waals surface area contributed by atoms with E-state index in [1.807, 2.05) is 18.2 Å². The molecule has 1 aliphatic heterocycles. The van der Waals surface area contributed by atoms with Crippen LogP contribution in [0.4, 0.5) is 5.69 Å². The molecule has 1 aromatic carbocycles. The van der Waals surface area contributed by atoms with E-state index >= 15 is 0 Å². The van der Waals surface area contributed by atoms with Crippen molar-refractivity contribution in [3.63, 3.8) is 0 Å². The summed E-state index contributed by atoms with van der Waals surface area (Å²) in [7, 11) is 0. The lowest BCUT2D eigenvalue weighted by molar-refractivity contribution is 0.177. The van der Waals surface area contributed by atoms with E-state index in [9.17, 15) is 0 Å². The Hall–Kier alpha value is -0.730. The molecule has 1 aliphatic rings. The van der Waals surface area contributed by atoms with Crippen molar-refractivity contribution >= 4 is 17.3 Å². The molecule has 0 amide bonds. The van der Waals surface area contributed by atoms with Crippen LogP contribution in [0.5, 0.6) is 0 Å². The van der Waals surface area contributed by atoms with Crippen molar-refractivity contribution < 1.29 is 0 Å². The Balaban J connectivity index is 2.02. The van der Waals surface area contributed by atoms with Crippen molar-refractivity contribution in [1.82, 2.24) is 4.90 Å². The van der Waals surface area contributed by atoms with Crippen LogP contribution < -0.4 is 5.73 Å². The molecule has 0 radical (unpaired) electrons. The van der Waals surface area contributed by atoms with Gasteiger partial charge < -0.3 is 5.73 Å². The van der Waals surface area contributed by atoms with E-state index in [-0.39, 0.29) is 0 Å². The molecule has 88 valence electrons. The summed E-state index contributed by atoms with van der Waals surface area (Å²) in [6.45, 7) is 5.64. The van der Waals surface area contributed by atoms with Crippen LogP contribution in [0.25, 0.3) is 0 Å². The molecule has 3 heteroatoms. The van der Waals surface area contributed by atoms with Crippen molar-refractivity contribution in [3.05, 3.63) is 28.8 Å². The van der Waals surface area contributed by atoms with Crippen molar-refractivity contribution in [2.75, 3.05) is 18.8 Å². The number of hydrogen-bond acceptors (Lipinski definition) is 2. The fraction of sp³-hybridized carbons (Fsp3) is 0.538. The number of likely N-dealkylation sites (tertiary alicyclic amines) is 1. The van der Waals surface area contributed by atoms with E-state index in [0.29, 0.717) is 5.02 Å². The number of hydrogen-bond donors (Lipinski definition) is 1. The standard InChI is InChI=1S/C13H19ClN2/c1-10-3-2-6-16(8-10)9-11-4-5-12(14)7-13(11)15/h4-5,7,10H,2-3,6,8-9,15H2,1H3. The second kappa shape index (κ2) is 5.07. The maximum absolute atomic E-state index is 5.96. The van der Waals surface area contributed by atoms with Crippen molar-refractivity contribution in [2.45, 2.75) is 26.3 Å². The zero-order valence-electron chi connectivity index (χ0n) is 9.75. The van der Waals surface area contributed by atoms with Crippen LogP contribution in [-0.4, -0.2) is 18.0 Å². The molecule has 2 N–H and O–H groups in total. The monoisotopic (exact) mass is 238 g/mol. The van der Waals surface area contributed by atoms with Gasteiger partial charge in [-0.3, -0.25) is 4.90 Å². The molecule has 1 unspecified atom stereocenters. The van der Waals surface area contributed by atoms with E-state index in [0.717, 1.165) is 18.2 Å². The predicted molar refractivity (Wildman–Crippen MR) is 69.5 cm³/mol. The normalized spacial score (nSPS) is 22.2. The quantitative estimate of drug-likeness (QED) is 0.802. The highest BCUT2D eigenvalue weighted by Crippen LogP contribution is 2.22. The molecule has 0 bridgehead atoms. The minimum absolute atomic E-state index is 0.716. The van der Waals surface area contributed by atoms with Gasteiger partial charge in [0.1, 0.15) is 0 Å². The van der Waals surface area contributed by atoms with E-state index in [4.69, 9.17) is 17.3 Å². The third-order valence-electron chi connectivity index (χ3n) is 3.24. The second-order valence-corrected chi connectivity index (χ2v) is 5.26. The van der Waals surface area contributed by atoms with Gasteiger partial charge in [0.25, 0.3) is 0 Å². The highest BCUT2D eigenvalue weighted by atomic mass is 35.5. The summed E-state index contributed by atoms with van der Waals surface area (Å²) in [6, 6.07) is 5.79. The average molecular weight is 239 g/mol. The Morgan fingerprint density at radius 2 is 2.31 bits per heavy atom. The first-order valence-electron chi connectivity index (χ1n) is 5.91. The van der Waals surface area contributed by atoms with Crippen LogP contribution in [-0.2, 0) is 6.54 Å². The van der Waals surface area contributed by atoms with E-state index < -0.39 is 0 Å². The summed E-state index contributed by atoms with van der Waals surface area (Å²) in [5.41, 5.74) is 7.97. The fourth-order valence-corrected chi connectivity index (χ4v) is 2.56. The highest BCUT2D eigenvalue weighted by molar-refractivity contribution is 6.30. The van der Waals surface area contributed by atoms with Gasteiger partial charge >= 0.3 is 0 Å². The Bertz CT molecular complexity index is 365. The minimum Gasteiger partial charge on any atom is -0.398 e. The summed E-state index contributed by atoms with van der Waals surface area (Å²) in [5.74, 6) is 0.808. The Morgan fingerprint density at radius 1 is 1.50 bits per heavy atom. The number of nitrogens with two attached hydrogens (primary N) is 1. The van der Waals surface area contributed by atoms with Gasteiger partial charge in [-0.1, -0.05) is 24.6 Å². The van der Waals surface area contributed by atoms with Crippen LogP contribution >= 0.6 is 11.6 Å². The molecular formula is C13H19ClN2. The lowest BCUT2D eigenvalue weighted by atomic mass is 9.99. The topological polar surface area (TPSA) is 29.3 Å². The molecule has 1 fully saturated rings. The zero-order chi connectivity index (χ0) is 11.5. The molecule has 16 heavy (non-hydrogen) atoms. The first-order chi connectivity index (χ1) is 7.65. The number of rotatable bonds is 2. The van der Waals surface area contributed by atoms with Crippen LogP contribution in [0.1, 0.15) is 25.3 Å². The molecular weight excluding hydrogens is 220 g/mol. The number of halogens is 1. The summed E-state index contributed by atoms with van der Waals surface area (Å²) < 4.78 is 0. The Kier molecular flexibility index (Phi) is 3.72. The molecule has 1 heterocycles. The fourth-order valence-electron chi connectivity index (χ4n) is 2.38. The summed E-state index contributed by atoms with van der Waals surface area (Å²) in [5, 5.41) is 0.716. The van der Waals surface area contributed by atoms with Crippen LogP contribution in [0.15, 0.2) is 18.2 Å². The maximum atomic E-state index is 5.96. The number of benzene rings is 1. The molecule has 0 aliphatic carbocycles. The molecule has 2 rings (SSSR count). The maximum Gasteiger partial charge on any atom is 0.0426 e. The number of piperidine rings is 1. The largest absolute Gasteiger partial charge is 0.398 e. The van der Waals surface area contributed by atoms with Gasteiger partial charge in [-0.05, 0) is 43.0 Å². The molecule has 0 saturated carbocycles. The van der Waals surface area contributed by atoms with Gasteiger partial charge in [0.05, 0.1) is 0 Å². The number of nitrogens with zero attached hydrogens (tertiary/aromatic N) is 1. The van der Waals surface area contributed by atoms with E-state index in [2.05, 4.69) is 11.8 Å². The molecule has 1 aromatic rings. The average Bonchev–Trinajstić information content (AvgIpc) is 2.22. The van der Waals surface area contributed by atoms with Crippen molar-refractivity contribution in [2.24, 2.45) is 5.92 Å². The van der Waals surface area contributed by atoms with Crippen LogP contribution in [0, 0.1) is 5.92 Å². The first-order valence-corrected chi connectivity index (χ1v) is 6.29. The molecule has 2 nitrogen and oxygen atoms in total. The summed E-state index contributed by atoms with van der Waals surface area (Å²) in [4.78, 5) is 2.48. The molecule has 1 atom stereocenters. The Labute approximate surface area is 102 Å². The molecule has 0 aromatic heterocycles. The van der Waals surface area contributed by atoms with Crippen molar-refractivity contribution in [3.8, 4) is 0 Å². The highest BCUT2D eigenvalue weighted by Gasteiger charge is 2.16. The smallest absolute Gasteiger partial charge is 0.0426 e. The molecule has 0 spiro atoms. The van der Waals surface area contributed by atoms with Gasteiger partial charge in [-0.25, -0.2) is 0 Å². The van der Waals surface area contributed by atoms with Gasteiger partial charge in [-0.15, -0.1) is 0 Å². The second-order valence-electron chi connectivity index (χ2n) is 4.83. The van der Waals surface area contributed by atoms with E-state index in [1.54, 1.807) is 0 Å². The van der Waals surface area contributed by atoms with Crippen molar-refractivity contribution in [1.29, 1.82) is 0 Å². The van der Waals surface area contributed by atoms with E-state index in [1.165, 1.54) is 31.5 Å². The van der Waals surface area contributed by atoms with Crippen LogP contribution in [0.2, 0.25) is 5.02 Å². The number of anilines is 1. The minimum atomic E-state index is 0.716. The zero-order valence-corrected chi connectivity index (χ0v) is 10.5. The lowest BCUT2D eigenvalue weighted by Crippen LogP contribution is -2.33. The SMILES string of the molecule is CC1CCCN(Cc2ccc(Cl)cc2N)C1. The third kappa shape index (κ3) is 2.89. The third-order valence-corrected chi connectivity index (χ3v) is 3.48. The van der Waals surface area contributed by atoms with Gasteiger partial charge in [-0.2, -0.15) is 0 Å². The predicted octanol–water partition coefficient (Wildman–Crippen LogP) is 3.15. The summed E-state index contributed by atoms with van der Waals surface area (Å²) in [6.07, 6.45) is 2.65. The van der Waals surface area contributed by atoms with Gasteiger partial charge in [0.2, 0.25) is 0 Å². The first kappa shape index (κ1) is 11.7. The molecule has 1 saturated heterocycles. The number of nitrogen functional groups attached to an aromatic ring is 1. The van der Waals surface area contributed by atoms with Crippen LogP contribution in [0.3, 0.4) is 0 Å². The Morgan fingerprint density at radius 3 is 3.00 bits per heavy atom. The van der Waals surface area contributed by atoms with Gasteiger partial charge in [0.15, 0.2) is 0 Å². The summed E-state index contributed by atoms with van der Waals surface area (Å²) >= 11 is 5.89.